The van der Waals surface area contributed by atoms with Gasteiger partial charge in [0.25, 0.3) is 0 Å². The minimum atomic E-state index is -4.58. The summed E-state index contributed by atoms with van der Waals surface area (Å²) >= 11 is 0. The van der Waals surface area contributed by atoms with Gasteiger partial charge in [0.05, 0.1) is 0 Å². The first-order valence-electron chi connectivity index (χ1n) is 7.02. The zero-order valence-electron chi connectivity index (χ0n) is 12.1. The van der Waals surface area contributed by atoms with Crippen LogP contribution < -0.4 is 5.32 Å². The van der Waals surface area contributed by atoms with Crippen molar-refractivity contribution in [2.24, 2.45) is 0 Å². The van der Waals surface area contributed by atoms with E-state index >= 15 is 0 Å². The van der Waals surface area contributed by atoms with Crippen molar-refractivity contribution in [1.29, 1.82) is 0 Å². The van der Waals surface area contributed by atoms with Crippen LogP contribution in [0.15, 0.2) is 23.2 Å². The Bertz CT molecular complexity index is 596. The molecule has 1 atom stereocenters. The zero-order chi connectivity index (χ0) is 16.4. The van der Waals surface area contributed by atoms with Crippen molar-refractivity contribution in [3.63, 3.8) is 0 Å². The molecule has 1 fully saturated rings. The van der Waals surface area contributed by atoms with E-state index in [0.717, 1.165) is 18.8 Å². The summed E-state index contributed by atoms with van der Waals surface area (Å²) in [5, 5.41) is 3.09. The molecule has 2 heterocycles. The van der Waals surface area contributed by atoms with Gasteiger partial charge in [-0.05, 0) is 31.5 Å². The molecule has 5 nitrogen and oxygen atoms in total. The van der Waals surface area contributed by atoms with E-state index in [9.17, 15) is 21.6 Å². The minimum absolute atomic E-state index is 0.174. The van der Waals surface area contributed by atoms with Crippen LogP contribution in [0.5, 0.6) is 0 Å². The van der Waals surface area contributed by atoms with Crippen LogP contribution in [0, 0.1) is 0 Å². The van der Waals surface area contributed by atoms with Gasteiger partial charge in [0, 0.05) is 25.3 Å². The fourth-order valence-electron chi connectivity index (χ4n) is 2.44. The Morgan fingerprint density at radius 3 is 2.59 bits per heavy atom. The lowest BCUT2D eigenvalue weighted by Gasteiger charge is -2.27. The molecule has 124 valence electrons. The van der Waals surface area contributed by atoms with Gasteiger partial charge in [-0.2, -0.15) is 17.5 Å². The molecule has 9 heteroatoms. The maximum Gasteiger partial charge on any atom is 0.433 e. The van der Waals surface area contributed by atoms with E-state index in [-0.39, 0.29) is 10.9 Å². The molecule has 0 spiro atoms. The van der Waals surface area contributed by atoms with Crippen LogP contribution >= 0.6 is 0 Å². The van der Waals surface area contributed by atoms with E-state index in [1.165, 1.54) is 4.31 Å². The molecule has 1 saturated heterocycles. The van der Waals surface area contributed by atoms with Crippen molar-refractivity contribution >= 4 is 10.0 Å². The molecular formula is C13H18F3N3O2S. The quantitative estimate of drug-likeness (QED) is 0.891. The number of nitrogens with zero attached hydrogens (tertiary/aromatic N) is 2. The van der Waals surface area contributed by atoms with E-state index in [1.54, 1.807) is 0 Å². The maximum atomic E-state index is 12.6. The van der Waals surface area contributed by atoms with Crippen molar-refractivity contribution in [2.75, 3.05) is 19.6 Å². The SMILES string of the molecule is CCCN(C1CCNC1)S(=O)(=O)c1ccc(C(F)(F)F)nc1. The highest BCUT2D eigenvalue weighted by Crippen LogP contribution is 2.28. The smallest absolute Gasteiger partial charge is 0.315 e. The standard InChI is InChI=1S/C13H18F3N3O2S/c1-2-7-19(10-5-6-17-8-10)22(20,21)11-3-4-12(18-9-11)13(14,15)16/h3-4,9-10,17H,2,5-8H2,1H3. The van der Waals surface area contributed by atoms with Gasteiger partial charge in [-0.1, -0.05) is 6.92 Å². The lowest BCUT2D eigenvalue weighted by molar-refractivity contribution is -0.141. The lowest BCUT2D eigenvalue weighted by atomic mass is 10.2. The van der Waals surface area contributed by atoms with Gasteiger partial charge in [-0.25, -0.2) is 8.42 Å². The monoisotopic (exact) mass is 337 g/mol. The number of sulfonamides is 1. The van der Waals surface area contributed by atoms with Crippen molar-refractivity contribution in [3.8, 4) is 0 Å². The number of nitrogens with one attached hydrogen (secondary N) is 1. The highest BCUT2D eigenvalue weighted by atomic mass is 32.2. The molecule has 1 unspecified atom stereocenters. The Morgan fingerprint density at radius 2 is 2.14 bits per heavy atom. The Morgan fingerprint density at radius 1 is 1.41 bits per heavy atom. The van der Waals surface area contributed by atoms with Crippen LogP contribution in [0.25, 0.3) is 0 Å². The third kappa shape index (κ3) is 3.58. The normalized spacial score (nSPS) is 19.8. The van der Waals surface area contributed by atoms with E-state index < -0.39 is 21.9 Å². The molecule has 0 radical (unpaired) electrons. The Kier molecular flexibility index (Phi) is 5.08. The van der Waals surface area contributed by atoms with Gasteiger partial charge in [-0.3, -0.25) is 4.98 Å². The number of hydrogen-bond acceptors (Lipinski definition) is 4. The van der Waals surface area contributed by atoms with Gasteiger partial charge in [-0.15, -0.1) is 0 Å². The number of aromatic nitrogens is 1. The topological polar surface area (TPSA) is 62.3 Å². The number of pyridine rings is 1. The summed E-state index contributed by atoms with van der Waals surface area (Å²) in [4.78, 5) is 3.03. The van der Waals surface area contributed by atoms with Crippen molar-refractivity contribution in [2.45, 2.75) is 36.9 Å². The number of hydrogen-bond donors (Lipinski definition) is 1. The van der Waals surface area contributed by atoms with Crippen LogP contribution in [-0.2, 0) is 16.2 Å². The molecule has 0 aliphatic carbocycles. The zero-order valence-corrected chi connectivity index (χ0v) is 12.9. The fourth-order valence-corrected chi connectivity index (χ4v) is 4.13. The Labute approximate surface area is 127 Å². The molecule has 2 rings (SSSR count). The fraction of sp³-hybridized carbons (Fsp3) is 0.615. The Balaban J connectivity index is 2.30. The van der Waals surface area contributed by atoms with Crippen molar-refractivity contribution < 1.29 is 21.6 Å². The van der Waals surface area contributed by atoms with E-state index in [1.807, 2.05) is 6.92 Å². The average molecular weight is 337 g/mol. The van der Waals surface area contributed by atoms with Gasteiger partial charge in [0.1, 0.15) is 10.6 Å². The molecule has 0 aromatic carbocycles. The van der Waals surface area contributed by atoms with Crippen LogP contribution in [0.4, 0.5) is 13.2 Å². The van der Waals surface area contributed by atoms with E-state index in [0.29, 0.717) is 32.0 Å². The summed E-state index contributed by atoms with van der Waals surface area (Å²) < 4.78 is 64.2. The summed E-state index contributed by atoms with van der Waals surface area (Å²) in [7, 11) is -3.85. The first kappa shape index (κ1) is 17.2. The van der Waals surface area contributed by atoms with Crippen molar-refractivity contribution in [3.05, 3.63) is 24.0 Å². The second kappa shape index (κ2) is 6.51. The summed E-state index contributed by atoms with van der Waals surface area (Å²) in [5.74, 6) is 0. The summed E-state index contributed by atoms with van der Waals surface area (Å²) in [6.07, 6.45) is -2.49. The number of alkyl halides is 3. The molecule has 1 aromatic rings. The second-order valence-electron chi connectivity index (χ2n) is 5.14. The summed E-state index contributed by atoms with van der Waals surface area (Å²) in [5.41, 5.74) is -1.10. The molecule has 0 amide bonds. The molecule has 1 N–H and O–H groups in total. The van der Waals surface area contributed by atoms with E-state index in [2.05, 4.69) is 10.3 Å². The third-order valence-corrected chi connectivity index (χ3v) is 5.45. The molecule has 1 aliphatic heterocycles. The molecule has 1 aromatic heterocycles. The molecule has 0 bridgehead atoms. The second-order valence-corrected chi connectivity index (χ2v) is 7.03. The molecule has 0 saturated carbocycles. The first-order valence-corrected chi connectivity index (χ1v) is 8.46. The Hall–Kier alpha value is -1.19. The third-order valence-electron chi connectivity index (χ3n) is 3.52. The predicted octanol–water partition coefficient (Wildman–Crippen LogP) is 1.86. The lowest BCUT2D eigenvalue weighted by Crippen LogP contribution is -2.42. The largest absolute Gasteiger partial charge is 0.433 e. The highest BCUT2D eigenvalue weighted by molar-refractivity contribution is 7.89. The van der Waals surface area contributed by atoms with Gasteiger partial charge < -0.3 is 5.32 Å². The maximum absolute atomic E-state index is 12.6. The average Bonchev–Trinajstić information content (AvgIpc) is 2.97. The number of rotatable bonds is 5. The van der Waals surface area contributed by atoms with Crippen LogP contribution in [-0.4, -0.2) is 43.4 Å². The van der Waals surface area contributed by atoms with Crippen LogP contribution in [0.3, 0.4) is 0 Å². The van der Waals surface area contributed by atoms with Crippen LogP contribution in [0.2, 0.25) is 0 Å². The highest BCUT2D eigenvalue weighted by Gasteiger charge is 2.35. The molecular weight excluding hydrogens is 319 g/mol. The van der Waals surface area contributed by atoms with Crippen LogP contribution in [0.1, 0.15) is 25.5 Å². The van der Waals surface area contributed by atoms with Gasteiger partial charge in [0.2, 0.25) is 10.0 Å². The predicted molar refractivity (Wildman–Crippen MR) is 74.7 cm³/mol. The molecule has 22 heavy (non-hydrogen) atoms. The first-order chi connectivity index (χ1) is 10.3. The van der Waals surface area contributed by atoms with E-state index in [4.69, 9.17) is 0 Å². The number of halogens is 3. The minimum Gasteiger partial charge on any atom is -0.315 e. The van der Waals surface area contributed by atoms with Gasteiger partial charge in [0.15, 0.2) is 0 Å². The van der Waals surface area contributed by atoms with Crippen molar-refractivity contribution in [1.82, 2.24) is 14.6 Å². The summed E-state index contributed by atoms with van der Waals surface area (Å²) in [6.45, 7) is 3.46. The summed E-state index contributed by atoms with van der Waals surface area (Å²) in [6, 6.07) is 1.49. The molecule has 1 aliphatic rings. The van der Waals surface area contributed by atoms with Gasteiger partial charge >= 0.3 is 6.18 Å².